The van der Waals surface area contributed by atoms with Crippen LogP contribution in [0.3, 0.4) is 0 Å². The molecule has 4 atom stereocenters. The van der Waals surface area contributed by atoms with E-state index in [0.29, 0.717) is 0 Å². The van der Waals surface area contributed by atoms with Crippen LogP contribution in [0.15, 0.2) is 0 Å². The monoisotopic (exact) mass is 280 g/mol. The zero-order valence-corrected chi connectivity index (χ0v) is 14.2. The number of nitrogens with one attached hydrogen (secondary N) is 1. The van der Waals surface area contributed by atoms with E-state index in [0.717, 1.165) is 29.7 Å². The van der Waals surface area contributed by atoms with Crippen LogP contribution in [0.1, 0.15) is 59.8 Å². The molecule has 2 nitrogen and oxygen atoms in total. The Bertz CT molecular complexity index is 275. The molecule has 0 radical (unpaired) electrons. The summed E-state index contributed by atoms with van der Waals surface area (Å²) in [6, 6.07) is 0.752. The molecule has 0 bridgehead atoms. The Hall–Kier alpha value is -0.0800. The number of rotatable bonds is 8. The van der Waals surface area contributed by atoms with Gasteiger partial charge < -0.3 is 10.2 Å². The molecule has 2 heteroatoms. The molecule has 20 heavy (non-hydrogen) atoms. The maximum atomic E-state index is 3.85. The first-order chi connectivity index (χ1) is 9.63. The molecule has 0 aliphatic heterocycles. The zero-order chi connectivity index (χ0) is 14.5. The van der Waals surface area contributed by atoms with Crippen molar-refractivity contribution < 1.29 is 0 Å². The topological polar surface area (TPSA) is 15.3 Å². The van der Waals surface area contributed by atoms with E-state index in [4.69, 9.17) is 0 Å². The maximum absolute atomic E-state index is 3.85. The summed E-state index contributed by atoms with van der Waals surface area (Å²) >= 11 is 0. The lowest BCUT2D eigenvalue weighted by molar-refractivity contribution is 0.101. The maximum Gasteiger partial charge on any atom is 0.0113 e. The second kappa shape index (κ2) is 7.79. The molecule has 2 saturated carbocycles. The Kier molecular flexibility index (Phi) is 6.35. The van der Waals surface area contributed by atoms with Crippen LogP contribution in [0.4, 0.5) is 0 Å². The summed E-state index contributed by atoms with van der Waals surface area (Å²) in [5, 5.41) is 3.85. The average molecular weight is 281 g/mol. The highest BCUT2D eigenvalue weighted by atomic mass is 15.1. The highest BCUT2D eigenvalue weighted by molar-refractivity contribution is 4.90. The van der Waals surface area contributed by atoms with Crippen LogP contribution in [-0.4, -0.2) is 37.1 Å². The fourth-order valence-electron chi connectivity index (χ4n) is 4.08. The lowest BCUT2D eigenvalue weighted by Crippen LogP contribution is -2.49. The van der Waals surface area contributed by atoms with Crippen LogP contribution >= 0.6 is 0 Å². The van der Waals surface area contributed by atoms with Crippen molar-refractivity contribution in [3.05, 3.63) is 0 Å². The first-order valence-electron chi connectivity index (χ1n) is 9.09. The van der Waals surface area contributed by atoms with Crippen molar-refractivity contribution in [2.24, 2.45) is 23.7 Å². The summed E-state index contributed by atoms with van der Waals surface area (Å²) in [5.41, 5.74) is 0. The van der Waals surface area contributed by atoms with Gasteiger partial charge in [0.25, 0.3) is 0 Å². The normalized spacial score (nSPS) is 34.6. The quantitative estimate of drug-likeness (QED) is 0.728. The van der Waals surface area contributed by atoms with Gasteiger partial charge in [-0.3, -0.25) is 0 Å². The minimum atomic E-state index is 0.752. The van der Waals surface area contributed by atoms with Crippen LogP contribution in [0, 0.1) is 23.7 Å². The molecule has 2 rings (SSSR count). The summed E-state index contributed by atoms with van der Waals surface area (Å²) in [6.07, 6.45) is 7.02. The fourth-order valence-corrected chi connectivity index (χ4v) is 4.08. The van der Waals surface area contributed by atoms with Crippen molar-refractivity contribution in [1.82, 2.24) is 10.2 Å². The van der Waals surface area contributed by atoms with Crippen molar-refractivity contribution in [3.8, 4) is 0 Å². The molecule has 118 valence electrons. The van der Waals surface area contributed by atoms with Gasteiger partial charge in [0.15, 0.2) is 0 Å². The number of hydrogen-bond donors (Lipinski definition) is 1. The van der Waals surface area contributed by atoms with Crippen molar-refractivity contribution in [1.29, 1.82) is 0 Å². The molecular formula is C18H36N2. The lowest BCUT2D eigenvalue weighted by atomic mass is 9.72. The van der Waals surface area contributed by atoms with Gasteiger partial charge in [0.05, 0.1) is 0 Å². The smallest absolute Gasteiger partial charge is 0.0113 e. The molecule has 4 unspecified atom stereocenters. The minimum Gasteiger partial charge on any atom is -0.314 e. The molecule has 2 aliphatic rings. The van der Waals surface area contributed by atoms with Gasteiger partial charge in [-0.25, -0.2) is 0 Å². The van der Waals surface area contributed by atoms with Crippen LogP contribution in [0.25, 0.3) is 0 Å². The predicted octanol–water partition coefficient (Wildman–Crippen LogP) is 3.77. The van der Waals surface area contributed by atoms with Gasteiger partial charge >= 0.3 is 0 Å². The van der Waals surface area contributed by atoms with Gasteiger partial charge in [0.2, 0.25) is 0 Å². The predicted molar refractivity (Wildman–Crippen MR) is 88.0 cm³/mol. The molecule has 0 spiro atoms. The van der Waals surface area contributed by atoms with E-state index < -0.39 is 0 Å². The summed E-state index contributed by atoms with van der Waals surface area (Å²) in [6.45, 7) is 14.7. The van der Waals surface area contributed by atoms with Crippen molar-refractivity contribution in [2.45, 2.75) is 65.8 Å². The highest BCUT2D eigenvalue weighted by Gasteiger charge is 2.35. The van der Waals surface area contributed by atoms with Crippen molar-refractivity contribution >= 4 is 0 Å². The molecule has 1 N–H and O–H groups in total. The van der Waals surface area contributed by atoms with Gasteiger partial charge in [-0.15, -0.1) is 0 Å². The first kappa shape index (κ1) is 16.3. The van der Waals surface area contributed by atoms with E-state index in [-0.39, 0.29) is 0 Å². The van der Waals surface area contributed by atoms with E-state index >= 15 is 0 Å². The third-order valence-electron chi connectivity index (χ3n) is 5.46. The van der Waals surface area contributed by atoms with E-state index in [2.05, 4.69) is 37.9 Å². The second-order valence-electron chi connectivity index (χ2n) is 7.57. The van der Waals surface area contributed by atoms with Crippen LogP contribution < -0.4 is 5.32 Å². The summed E-state index contributed by atoms with van der Waals surface area (Å²) in [4.78, 5) is 2.73. The summed E-state index contributed by atoms with van der Waals surface area (Å²) in [7, 11) is 0. The minimum absolute atomic E-state index is 0.752. The Morgan fingerprint density at radius 3 is 2.40 bits per heavy atom. The van der Waals surface area contributed by atoms with Crippen molar-refractivity contribution in [2.75, 3.05) is 26.2 Å². The van der Waals surface area contributed by atoms with Gasteiger partial charge in [0, 0.05) is 19.1 Å². The molecule has 0 aromatic rings. The molecule has 0 aromatic heterocycles. The molecule has 0 saturated heterocycles. The first-order valence-corrected chi connectivity index (χ1v) is 9.09. The Labute approximate surface area is 126 Å². The third-order valence-corrected chi connectivity index (χ3v) is 5.46. The molecular weight excluding hydrogens is 244 g/mol. The van der Waals surface area contributed by atoms with E-state index in [1.54, 1.807) is 0 Å². The molecule has 2 aliphatic carbocycles. The highest BCUT2D eigenvalue weighted by Crippen LogP contribution is 2.35. The molecule has 0 heterocycles. The largest absolute Gasteiger partial charge is 0.314 e. The van der Waals surface area contributed by atoms with Crippen LogP contribution in [-0.2, 0) is 0 Å². The molecule has 0 amide bonds. The van der Waals surface area contributed by atoms with E-state index in [9.17, 15) is 0 Å². The van der Waals surface area contributed by atoms with Crippen LogP contribution in [0.2, 0.25) is 0 Å². The average Bonchev–Trinajstić information content (AvgIpc) is 3.22. The Morgan fingerprint density at radius 1 is 1.05 bits per heavy atom. The number of hydrogen-bond acceptors (Lipinski definition) is 2. The molecule has 2 fully saturated rings. The van der Waals surface area contributed by atoms with E-state index in [1.807, 2.05) is 0 Å². The van der Waals surface area contributed by atoms with Gasteiger partial charge in [0.1, 0.15) is 0 Å². The van der Waals surface area contributed by atoms with Gasteiger partial charge in [-0.1, -0.05) is 27.7 Å². The Morgan fingerprint density at radius 2 is 1.80 bits per heavy atom. The third kappa shape index (κ3) is 4.73. The SMILES string of the molecule is CCCNC1CC(C)CC(C)C1CN(CC)CC1CC1. The molecule has 0 aromatic carbocycles. The summed E-state index contributed by atoms with van der Waals surface area (Å²) < 4.78 is 0. The number of nitrogens with zero attached hydrogens (tertiary/aromatic N) is 1. The summed E-state index contributed by atoms with van der Waals surface area (Å²) in [5.74, 6) is 3.65. The van der Waals surface area contributed by atoms with E-state index in [1.165, 1.54) is 58.3 Å². The Balaban J connectivity index is 1.91. The van der Waals surface area contributed by atoms with Crippen LogP contribution in [0.5, 0.6) is 0 Å². The fraction of sp³-hybridized carbons (Fsp3) is 1.00. The van der Waals surface area contributed by atoms with Gasteiger partial charge in [-0.2, -0.15) is 0 Å². The van der Waals surface area contributed by atoms with Gasteiger partial charge in [-0.05, 0) is 68.9 Å². The lowest BCUT2D eigenvalue weighted by Gasteiger charge is -2.42. The zero-order valence-electron chi connectivity index (χ0n) is 14.2. The van der Waals surface area contributed by atoms with Crippen molar-refractivity contribution in [3.63, 3.8) is 0 Å². The standard InChI is InChI=1S/C18H36N2/c1-5-9-19-18-11-14(3)10-15(4)17(18)13-20(6-2)12-16-7-8-16/h14-19H,5-13H2,1-4H3. The second-order valence-corrected chi connectivity index (χ2v) is 7.57.